The van der Waals surface area contributed by atoms with Crippen LogP contribution >= 0.6 is 0 Å². The number of rotatable bonds is 10. The standard InChI is InChI=1S/C41H55N3O14/c1-24(45)28-23-27-30(53-29(46)19-16-21-43(34(48)55-38(2,3)4)35(49)56-39(5,6)7)25-17-14-15-18-26(25)31(32(27)52-28)54-33(47)42-20-22-44(36(50)57-40(8,9)10)37(51)58-41(11,12)13/h14-15,17-18,23H,16,19-22H2,1-13H3,(H,42,47). The number of Topliss-reactive ketones (excluding diaryl/α,β-unsaturated/α-hetero) is 1. The van der Waals surface area contributed by atoms with Crippen molar-refractivity contribution in [2.45, 2.75) is 125 Å². The molecule has 3 rings (SSSR count). The first-order valence-electron chi connectivity index (χ1n) is 18.7. The summed E-state index contributed by atoms with van der Waals surface area (Å²) in [7, 11) is 0. The summed E-state index contributed by atoms with van der Waals surface area (Å²) in [5.74, 6) is -1.46. The van der Waals surface area contributed by atoms with E-state index in [1.165, 1.54) is 13.0 Å². The molecule has 0 spiro atoms. The number of benzene rings is 2. The number of carbonyl (C=O) groups excluding carboxylic acids is 7. The van der Waals surface area contributed by atoms with Crippen LogP contribution in [0.4, 0.5) is 24.0 Å². The molecule has 0 atom stereocenters. The molecule has 0 radical (unpaired) electrons. The number of hydrogen-bond acceptors (Lipinski definition) is 14. The van der Waals surface area contributed by atoms with Crippen molar-refractivity contribution < 1.29 is 66.4 Å². The first-order valence-corrected chi connectivity index (χ1v) is 18.7. The Hall–Kier alpha value is -5.87. The van der Waals surface area contributed by atoms with E-state index in [2.05, 4.69) is 5.32 Å². The summed E-state index contributed by atoms with van der Waals surface area (Å²) in [4.78, 5) is 92.2. The van der Waals surface area contributed by atoms with Gasteiger partial charge in [-0.1, -0.05) is 24.3 Å². The van der Waals surface area contributed by atoms with Crippen molar-refractivity contribution >= 4 is 64.0 Å². The molecular formula is C41H55N3O14. The molecule has 5 amide bonds. The summed E-state index contributed by atoms with van der Waals surface area (Å²) < 4.78 is 38.9. The van der Waals surface area contributed by atoms with E-state index in [1.54, 1.807) is 107 Å². The third kappa shape index (κ3) is 14.0. The Morgan fingerprint density at radius 2 is 1.03 bits per heavy atom. The molecule has 1 heterocycles. The van der Waals surface area contributed by atoms with Gasteiger partial charge in [0.25, 0.3) is 0 Å². The maximum Gasteiger partial charge on any atom is 0.419 e. The monoisotopic (exact) mass is 813 g/mol. The lowest BCUT2D eigenvalue weighted by molar-refractivity contribution is -0.134. The second-order valence-corrected chi connectivity index (χ2v) is 17.2. The van der Waals surface area contributed by atoms with E-state index in [-0.39, 0.29) is 66.1 Å². The Bertz CT molecular complexity index is 1850. The van der Waals surface area contributed by atoms with E-state index in [1.807, 2.05) is 0 Å². The first-order chi connectivity index (χ1) is 26.5. The summed E-state index contributed by atoms with van der Waals surface area (Å²) in [6.07, 6.45) is -5.15. The minimum absolute atomic E-state index is 0.00103. The molecule has 0 unspecified atom stereocenters. The molecule has 0 saturated heterocycles. The minimum atomic E-state index is -1.01. The van der Waals surface area contributed by atoms with Crippen LogP contribution in [0.2, 0.25) is 0 Å². The van der Waals surface area contributed by atoms with Crippen LogP contribution in [0.1, 0.15) is 113 Å². The lowest BCUT2D eigenvalue weighted by Crippen LogP contribution is -2.47. The van der Waals surface area contributed by atoms with Gasteiger partial charge in [-0.05, 0) is 95.6 Å². The fourth-order valence-electron chi connectivity index (χ4n) is 4.99. The fraction of sp³-hybridized carbons (Fsp3) is 0.537. The maximum atomic E-state index is 13.4. The van der Waals surface area contributed by atoms with Gasteiger partial charge in [-0.3, -0.25) is 9.59 Å². The SMILES string of the molecule is CC(=O)c1cc2c(OC(=O)CCCN(C(=O)OC(C)(C)C)C(=O)OC(C)(C)C)c3ccccc3c(OC(=O)NCCN(C(=O)OC(C)(C)C)C(=O)OC(C)(C)C)c2o1. The Balaban J connectivity index is 1.88. The molecule has 0 aliphatic carbocycles. The fourth-order valence-corrected chi connectivity index (χ4v) is 4.99. The third-order valence-electron chi connectivity index (χ3n) is 7.18. The molecule has 58 heavy (non-hydrogen) atoms. The highest BCUT2D eigenvalue weighted by atomic mass is 16.6. The van der Waals surface area contributed by atoms with Gasteiger partial charge in [0.1, 0.15) is 28.2 Å². The average molecular weight is 814 g/mol. The number of ketones is 1. The maximum absolute atomic E-state index is 13.4. The highest BCUT2D eigenvalue weighted by Gasteiger charge is 2.33. The van der Waals surface area contributed by atoms with Crippen LogP contribution in [0.3, 0.4) is 0 Å². The summed E-state index contributed by atoms with van der Waals surface area (Å²) in [6, 6.07) is 7.83. The van der Waals surface area contributed by atoms with Gasteiger partial charge in [-0.25, -0.2) is 33.8 Å². The van der Waals surface area contributed by atoms with Crippen molar-refractivity contribution in [3.8, 4) is 11.5 Å². The lowest BCUT2D eigenvalue weighted by atomic mass is 10.0. The number of fused-ring (bicyclic) bond motifs is 2. The van der Waals surface area contributed by atoms with Crippen LogP contribution in [0.15, 0.2) is 34.7 Å². The first kappa shape index (κ1) is 46.5. The Labute approximate surface area is 337 Å². The molecule has 17 heteroatoms. The predicted molar refractivity (Wildman–Crippen MR) is 211 cm³/mol. The van der Waals surface area contributed by atoms with Crippen molar-refractivity contribution in [2.24, 2.45) is 0 Å². The molecule has 3 aromatic rings. The molecule has 17 nitrogen and oxygen atoms in total. The van der Waals surface area contributed by atoms with Crippen molar-refractivity contribution in [3.63, 3.8) is 0 Å². The van der Waals surface area contributed by atoms with Gasteiger partial charge in [0.15, 0.2) is 22.9 Å². The summed E-state index contributed by atoms with van der Waals surface area (Å²) in [5.41, 5.74) is -3.76. The van der Waals surface area contributed by atoms with Crippen molar-refractivity contribution in [1.29, 1.82) is 0 Å². The van der Waals surface area contributed by atoms with Crippen molar-refractivity contribution in [1.82, 2.24) is 15.1 Å². The Kier molecular flexibility index (Phi) is 14.6. The number of nitrogens with one attached hydrogen (secondary N) is 1. The number of esters is 1. The number of furan rings is 1. The van der Waals surface area contributed by atoms with Crippen LogP contribution in [0.25, 0.3) is 21.7 Å². The molecule has 0 saturated carbocycles. The molecule has 318 valence electrons. The van der Waals surface area contributed by atoms with E-state index in [0.717, 1.165) is 4.90 Å². The van der Waals surface area contributed by atoms with Gasteiger partial charge in [0.2, 0.25) is 0 Å². The number of nitrogens with zero attached hydrogens (tertiary/aromatic N) is 2. The Morgan fingerprint density at radius 3 is 1.47 bits per heavy atom. The lowest BCUT2D eigenvalue weighted by Gasteiger charge is -2.28. The molecule has 0 fully saturated rings. The largest absolute Gasteiger partial charge is 0.449 e. The number of imide groups is 2. The highest BCUT2D eigenvalue weighted by molar-refractivity contribution is 6.12. The Morgan fingerprint density at radius 1 is 0.603 bits per heavy atom. The van der Waals surface area contributed by atoms with E-state index in [9.17, 15) is 33.6 Å². The predicted octanol–water partition coefficient (Wildman–Crippen LogP) is 8.91. The second-order valence-electron chi connectivity index (χ2n) is 17.2. The third-order valence-corrected chi connectivity index (χ3v) is 7.18. The van der Waals surface area contributed by atoms with Crippen LogP contribution < -0.4 is 14.8 Å². The van der Waals surface area contributed by atoms with Crippen LogP contribution in [0.5, 0.6) is 11.5 Å². The number of ether oxygens (including phenoxy) is 6. The van der Waals surface area contributed by atoms with Crippen molar-refractivity contribution in [3.05, 3.63) is 36.1 Å². The van der Waals surface area contributed by atoms with E-state index in [0.29, 0.717) is 10.3 Å². The second kappa shape index (κ2) is 18.2. The van der Waals surface area contributed by atoms with Crippen LogP contribution in [0, 0.1) is 0 Å². The summed E-state index contributed by atoms with van der Waals surface area (Å²) in [5, 5.41) is 3.20. The zero-order chi connectivity index (χ0) is 44.0. The van der Waals surface area contributed by atoms with Crippen molar-refractivity contribution in [2.75, 3.05) is 19.6 Å². The topological polar surface area (TPSA) is 207 Å². The van der Waals surface area contributed by atoms with E-state index < -0.39 is 64.6 Å². The molecule has 1 N–H and O–H groups in total. The quantitative estimate of drug-likeness (QED) is 0.0878. The highest BCUT2D eigenvalue weighted by Crippen LogP contribution is 2.44. The smallest absolute Gasteiger partial charge is 0.419 e. The van der Waals surface area contributed by atoms with Gasteiger partial charge >= 0.3 is 36.4 Å². The molecule has 0 bridgehead atoms. The zero-order valence-corrected chi connectivity index (χ0v) is 35.5. The molecular weight excluding hydrogens is 758 g/mol. The zero-order valence-electron chi connectivity index (χ0n) is 35.5. The van der Waals surface area contributed by atoms with E-state index >= 15 is 0 Å². The van der Waals surface area contributed by atoms with Gasteiger partial charge < -0.3 is 38.2 Å². The van der Waals surface area contributed by atoms with Crippen LogP contribution in [-0.4, -0.2) is 94.1 Å². The number of amides is 5. The van der Waals surface area contributed by atoms with E-state index in [4.69, 9.17) is 32.8 Å². The number of hydrogen-bond donors (Lipinski definition) is 1. The normalized spacial score (nSPS) is 12.0. The molecule has 0 aliphatic heterocycles. The summed E-state index contributed by atoms with van der Waals surface area (Å²) >= 11 is 0. The van der Waals surface area contributed by atoms with Gasteiger partial charge in [0, 0.05) is 37.2 Å². The molecule has 1 aromatic heterocycles. The minimum Gasteiger partial charge on any atom is -0.449 e. The van der Waals surface area contributed by atoms with Gasteiger partial charge in [0.05, 0.1) is 11.9 Å². The molecule has 2 aromatic carbocycles. The van der Waals surface area contributed by atoms with Gasteiger partial charge in [-0.15, -0.1) is 0 Å². The average Bonchev–Trinajstić information content (AvgIpc) is 3.49. The molecule has 0 aliphatic rings. The van der Waals surface area contributed by atoms with Crippen LogP contribution in [-0.2, 0) is 23.7 Å². The number of carbonyl (C=O) groups is 7. The van der Waals surface area contributed by atoms with Gasteiger partial charge in [-0.2, -0.15) is 0 Å². The summed E-state index contributed by atoms with van der Waals surface area (Å²) in [6.45, 7) is 20.1.